The number of aryl methyl sites for hydroxylation is 1. The first-order chi connectivity index (χ1) is 15.5. The van der Waals surface area contributed by atoms with Crippen molar-refractivity contribution in [2.24, 2.45) is 13.0 Å². The number of hydrogen-bond donors (Lipinski definition) is 1. The number of fused-ring (bicyclic) bond motifs is 1. The van der Waals surface area contributed by atoms with E-state index in [9.17, 15) is 9.59 Å². The number of nitrogens with zero attached hydrogens (tertiary/aromatic N) is 1. The number of aromatic nitrogens is 1. The van der Waals surface area contributed by atoms with Gasteiger partial charge in [0.25, 0.3) is 5.91 Å². The number of carbonyl (C=O) groups is 2. The molecule has 1 heterocycles. The Morgan fingerprint density at radius 1 is 1.03 bits per heavy atom. The lowest BCUT2D eigenvalue weighted by Gasteiger charge is -2.11. The topological polar surface area (TPSA) is 69.6 Å². The van der Waals surface area contributed by atoms with Gasteiger partial charge in [0.05, 0.1) is 19.8 Å². The van der Waals surface area contributed by atoms with Crippen LogP contribution in [0.1, 0.15) is 57.5 Å². The standard InChI is InChI=1S/C26H30N2O4/c1-28-16-21(12-18-8-9-20(26(30)32-3)14-24(18)31-2)22-13-19(10-11-23(22)28)25(29)27-15-17-6-4-5-7-17/h8-11,13-14,16-17H,4-7,12,15H2,1-3H3,(H,27,29). The van der Waals surface area contributed by atoms with Gasteiger partial charge in [0, 0.05) is 42.7 Å². The van der Waals surface area contributed by atoms with Gasteiger partial charge < -0.3 is 19.4 Å². The van der Waals surface area contributed by atoms with Gasteiger partial charge >= 0.3 is 5.97 Å². The normalized spacial score (nSPS) is 14.0. The zero-order chi connectivity index (χ0) is 22.7. The molecule has 6 nitrogen and oxygen atoms in total. The van der Waals surface area contributed by atoms with Crippen LogP contribution in [0.2, 0.25) is 0 Å². The van der Waals surface area contributed by atoms with E-state index in [1.54, 1.807) is 19.2 Å². The minimum Gasteiger partial charge on any atom is -0.496 e. The molecule has 1 amide bonds. The summed E-state index contributed by atoms with van der Waals surface area (Å²) < 4.78 is 12.4. The summed E-state index contributed by atoms with van der Waals surface area (Å²) >= 11 is 0. The highest BCUT2D eigenvalue weighted by atomic mass is 16.5. The van der Waals surface area contributed by atoms with Gasteiger partial charge in [-0.25, -0.2) is 4.79 Å². The van der Waals surface area contributed by atoms with Crippen molar-refractivity contribution in [3.8, 4) is 5.75 Å². The largest absolute Gasteiger partial charge is 0.496 e. The van der Waals surface area contributed by atoms with E-state index in [4.69, 9.17) is 9.47 Å². The van der Waals surface area contributed by atoms with Crippen molar-refractivity contribution >= 4 is 22.8 Å². The van der Waals surface area contributed by atoms with Gasteiger partial charge in [-0.2, -0.15) is 0 Å². The maximum Gasteiger partial charge on any atom is 0.337 e. The molecule has 32 heavy (non-hydrogen) atoms. The van der Waals surface area contributed by atoms with Gasteiger partial charge in [-0.3, -0.25) is 4.79 Å². The molecule has 0 spiro atoms. The maximum atomic E-state index is 12.8. The number of methoxy groups -OCH3 is 2. The molecule has 4 rings (SSSR count). The van der Waals surface area contributed by atoms with E-state index in [-0.39, 0.29) is 5.91 Å². The molecule has 0 aliphatic heterocycles. The van der Waals surface area contributed by atoms with Gasteiger partial charge in [0.1, 0.15) is 5.75 Å². The summed E-state index contributed by atoms with van der Waals surface area (Å²) in [5.74, 6) is 0.827. The van der Waals surface area contributed by atoms with E-state index in [2.05, 4.69) is 16.1 Å². The Morgan fingerprint density at radius 3 is 2.50 bits per heavy atom. The van der Waals surface area contributed by atoms with E-state index in [0.29, 0.717) is 29.2 Å². The van der Waals surface area contributed by atoms with Crippen LogP contribution in [-0.2, 0) is 18.2 Å². The number of benzene rings is 2. The van der Waals surface area contributed by atoms with Crippen LogP contribution in [0.3, 0.4) is 0 Å². The highest BCUT2D eigenvalue weighted by Crippen LogP contribution is 2.29. The molecule has 6 heteroatoms. The van der Waals surface area contributed by atoms with Crippen LogP contribution in [0.4, 0.5) is 0 Å². The molecule has 1 fully saturated rings. The van der Waals surface area contributed by atoms with Gasteiger partial charge in [0.2, 0.25) is 0 Å². The second-order valence-electron chi connectivity index (χ2n) is 8.55. The molecule has 1 aromatic heterocycles. The van der Waals surface area contributed by atoms with Crippen LogP contribution in [-0.4, -0.2) is 37.2 Å². The number of ether oxygens (including phenoxy) is 2. The molecule has 3 aromatic rings. The number of nitrogens with one attached hydrogen (secondary N) is 1. The Hall–Kier alpha value is -3.28. The Bertz CT molecular complexity index is 1140. The molecule has 0 bridgehead atoms. The van der Waals surface area contributed by atoms with Crippen LogP contribution in [0.15, 0.2) is 42.6 Å². The monoisotopic (exact) mass is 434 g/mol. The van der Waals surface area contributed by atoms with E-state index < -0.39 is 5.97 Å². The second-order valence-corrected chi connectivity index (χ2v) is 8.55. The fourth-order valence-electron chi connectivity index (χ4n) is 4.65. The first-order valence-electron chi connectivity index (χ1n) is 11.1. The molecule has 0 saturated heterocycles. The van der Waals surface area contributed by atoms with Crippen molar-refractivity contribution < 1.29 is 19.1 Å². The molecule has 1 aliphatic rings. The van der Waals surface area contributed by atoms with Crippen molar-refractivity contribution in [2.75, 3.05) is 20.8 Å². The lowest BCUT2D eigenvalue weighted by atomic mass is 10.0. The molecule has 0 radical (unpaired) electrons. The molecule has 1 aliphatic carbocycles. The third kappa shape index (κ3) is 4.49. The van der Waals surface area contributed by atoms with Gasteiger partial charge in [-0.15, -0.1) is 0 Å². The molecule has 1 N–H and O–H groups in total. The summed E-state index contributed by atoms with van der Waals surface area (Å²) in [6, 6.07) is 11.2. The van der Waals surface area contributed by atoms with E-state index in [1.807, 2.05) is 31.3 Å². The lowest BCUT2D eigenvalue weighted by Crippen LogP contribution is -2.28. The van der Waals surface area contributed by atoms with Crippen molar-refractivity contribution in [1.82, 2.24) is 9.88 Å². The Balaban J connectivity index is 1.59. The average molecular weight is 435 g/mol. The average Bonchev–Trinajstić information content (AvgIpc) is 3.45. The predicted octanol–water partition coefficient (Wildman–Crippen LogP) is 4.48. The molecule has 0 atom stereocenters. The van der Waals surface area contributed by atoms with Crippen LogP contribution in [0.5, 0.6) is 5.75 Å². The van der Waals surface area contributed by atoms with Crippen LogP contribution in [0.25, 0.3) is 10.9 Å². The van der Waals surface area contributed by atoms with E-state index >= 15 is 0 Å². The zero-order valence-corrected chi connectivity index (χ0v) is 18.9. The third-order valence-corrected chi connectivity index (χ3v) is 6.45. The number of carbonyl (C=O) groups excluding carboxylic acids is 2. The summed E-state index contributed by atoms with van der Waals surface area (Å²) in [4.78, 5) is 24.6. The summed E-state index contributed by atoms with van der Waals surface area (Å²) in [5, 5.41) is 4.15. The quantitative estimate of drug-likeness (QED) is 0.557. The second kappa shape index (κ2) is 9.47. The Labute approximate surface area is 188 Å². The Morgan fingerprint density at radius 2 is 1.78 bits per heavy atom. The number of rotatable bonds is 7. The maximum absolute atomic E-state index is 12.8. The fourth-order valence-corrected chi connectivity index (χ4v) is 4.65. The first kappa shape index (κ1) is 21.9. The van der Waals surface area contributed by atoms with Crippen LogP contribution >= 0.6 is 0 Å². The highest BCUT2D eigenvalue weighted by molar-refractivity contribution is 5.99. The minimum atomic E-state index is -0.395. The minimum absolute atomic E-state index is 0.0198. The highest BCUT2D eigenvalue weighted by Gasteiger charge is 2.18. The molecular weight excluding hydrogens is 404 g/mol. The van der Waals surface area contributed by atoms with Crippen molar-refractivity contribution in [2.45, 2.75) is 32.1 Å². The summed E-state index contributed by atoms with van der Waals surface area (Å²) in [5.41, 5.74) is 4.25. The molecular formula is C26H30N2O4. The SMILES string of the molecule is COC(=O)c1ccc(Cc2cn(C)c3ccc(C(=O)NCC4CCCC4)cc23)c(OC)c1. The first-order valence-corrected chi connectivity index (χ1v) is 11.1. The number of amides is 1. The van der Waals surface area contributed by atoms with E-state index in [1.165, 1.54) is 32.8 Å². The van der Waals surface area contributed by atoms with Crippen molar-refractivity contribution in [1.29, 1.82) is 0 Å². The summed E-state index contributed by atoms with van der Waals surface area (Å²) in [7, 11) is 4.96. The van der Waals surface area contributed by atoms with Crippen LogP contribution < -0.4 is 10.1 Å². The number of esters is 1. The third-order valence-electron chi connectivity index (χ3n) is 6.45. The number of hydrogen-bond acceptors (Lipinski definition) is 4. The van der Waals surface area contributed by atoms with Gasteiger partial charge in [-0.1, -0.05) is 18.9 Å². The van der Waals surface area contributed by atoms with Crippen LogP contribution in [0, 0.1) is 5.92 Å². The molecule has 1 saturated carbocycles. The fraction of sp³-hybridized carbons (Fsp3) is 0.385. The zero-order valence-electron chi connectivity index (χ0n) is 18.9. The van der Waals surface area contributed by atoms with E-state index in [0.717, 1.165) is 28.6 Å². The van der Waals surface area contributed by atoms with Gasteiger partial charge in [-0.05, 0) is 60.2 Å². The molecule has 2 aromatic carbocycles. The van der Waals surface area contributed by atoms with Gasteiger partial charge in [0.15, 0.2) is 0 Å². The van der Waals surface area contributed by atoms with Crippen molar-refractivity contribution in [3.63, 3.8) is 0 Å². The molecule has 168 valence electrons. The summed E-state index contributed by atoms with van der Waals surface area (Å²) in [6.07, 6.45) is 7.65. The lowest BCUT2D eigenvalue weighted by molar-refractivity contribution is 0.0600. The Kier molecular flexibility index (Phi) is 6.49. The predicted molar refractivity (Wildman–Crippen MR) is 124 cm³/mol. The summed E-state index contributed by atoms with van der Waals surface area (Å²) in [6.45, 7) is 0.752. The van der Waals surface area contributed by atoms with Crippen molar-refractivity contribution in [3.05, 3.63) is 64.8 Å². The molecule has 0 unspecified atom stereocenters. The smallest absolute Gasteiger partial charge is 0.337 e.